The highest BCUT2D eigenvalue weighted by Gasteiger charge is 2.22. The van der Waals surface area contributed by atoms with Gasteiger partial charge < -0.3 is 4.42 Å². The molecule has 6 heteroatoms. The fourth-order valence-electron chi connectivity index (χ4n) is 3.12. The molecule has 2 aromatic heterocycles. The Morgan fingerprint density at radius 2 is 1.97 bits per heavy atom. The summed E-state index contributed by atoms with van der Waals surface area (Å²) in [6, 6.07) is 20.2. The molecule has 0 radical (unpaired) electrons. The van der Waals surface area contributed by atoms with Crippen LogP contribution in [0.2, 0.25) is 0 Å². The van der Waals surface area contributed by atoms with Crippen LogP contribution in [0.3, 0.4) is 0 Å². The van der Waals surface area contributed by atoms with Gasteiger partial charge in [0.25, 0.3) is 0 Å². The van der Waals surface area contributed by atoms with Crippen LogP contribution in [-0.2, 0) is 23.5 Å². The fraction of sp³-hybridized carbons (Fsp3) is 0.217. The molecule has 0 spiro atoms. The molecule has 0 bridgehead atoms. The zero-order valence-electron chi connectivity index (χ0n) is 16.2. The maximum absolute atomic E-state index is 13.1. The maximum Gasteiger partial charge on any atom is 0.239 e. The number of rotatable bonds is 8. The Balaban J connectivity index is 1.55. The molecular formula is C23H22N2O2S2. The van der Waals surface area contributed by atoms with Gasteiger partial charge in [0, 0.05) is 5.75 Å². The summed E-state index contributed by atoms with van der Waals surface area (Å²) in [5, 5.41) is 0.725. The lowest BCUT2D eigenvalue weighted by molar-refractivity contribution is -0.116. The average molecular weight is 423 g/mol. The van der Waals surface area contributed by atoms with Crippen molar-refractivity contribution < 1.29 is 9.21 Å². The second-order valence-corrected chi connectivity index (χ2v) is 8.65. The molecule has 0 saturated heterocycles. The Kier molecular flexibility index (Phi) is 6.32. The highest BCUT2D eigenvalue weighted by molar-refractivity contribution is 7.99. The summed E-state index contributed by atoms with van der Waals surface area (Å²) in [6.07, 6.45) is 2.55. The highest BCUT2D eigenvalue weighted by atomic mass is 32.2. The third-order valence-electron chi connectivity index (χ3n) is 4.64. The van der Waals surface area contributed by atoms with Gasteiger partial charge in [0.05, 0.1) is 28.8 Å². The van der Waals surface area contributed by atoms with E-state index in [0.717, 1.165) is 33.3 Å². The fourth-order valence-corrected chi connectivity index (χ4v) is 5.01. The SMILES string of the molecule is CCc1cccc2sc(N(Cc3ccco3)C(=O)CSCc3ccccc3)nc12. The van der Waals surface area contributed by atoms with Gasteiger partial charge in [-0.1, -0.05) is 60.7 Å². The molecule has 0 aliphatic rings. The summed E-state index contributed by atoms with van der Waals surface area (Å²) >= 11 is 3.18. The number of aromatic nitrogens is 1. The van der Waals surface area contributed by atoms with Crippen molar-refractivity contribution in [2.24, 2.45) is 0 Å². The summed E-state index contributed by atoms with van der Waals surface area (Å²) in [4.78, 5) is 19.7. The minimum atomic E-state index is 0.0411. The molecule has 2 aromatic carbocycles. The average Bonchev–Trinajstić information content (AvgIpc) is 3.42. The molecule has 4 nitrogen and oxygen atoms in total. The van der Waals surface area contributed by atoms with Crippen LogP contribution in [-0.4, -0.2) is 16.6 Å². The van der Waals surface area contributed by atoms with Crippen LogP contribution in [0.5, 0.6) is 0 Å². The number of furan rings is 1. The van der Waals surface area contributed by atoms with Gasteiger partial charge in [0.2, 0.25) is 5.91 Å². The lowest BCUT2D eigenvalue weighted by Gasteiger charge is -2.18. The van der Waals surface area contributed by atoms with E-state index >= 15 is 0 Å². The predicted octanol–water partition coefficient (Wildman–Crippen LogP) is 5.92. The number of para-hydroxylation sites is 1. The second kappa shape index (κ2) is 9.29. The number of thiazole rings is 1. The van der Waals surface area contributed by atoms with Gasteiger partial charge in [-0.25, -0.2) is 4.98 Å². The zero-order chi connectivity index (χ0) is 20.1. The Hall–Kier alpha value is -2.57. The van der Waals surface area contributed by atoms with Crippen LogP contribution < -0.4 is 4.90 Å². The number of thioether (sulfide) groups is 1. The van der Waals surface area contributed by atoms with Crippen molar-refractivity contribution in [1.29, 1.82) is 0 Å². The lowest BCUT2D eigenvalue weighted by Crippen LogP contribution is -2.31. The monoisotopic (exact) mass is 422 g/mol. The molecule has 4 rings (SSSR count). The minimum Gasteiger partial charge on any atom is -0.467 e. The molecule has 0 atom stereocenters. The smallest absolute Gasteiger partial charge is 0.239 e. The van der Waals surface area contributed by atoms with Gasteiger partial charge in [0.1, 0.15) is 5.76 Å². The van der Waals surface area contributed by atoms with Gasteiger partial charge in [-0.2, -0.15) is 0 Å². The summed E-state index contributed by atoms with van der Waals surface area (Å²) in [7, 11) is 0. The molecular weight excluding hydrogens is 400 g/mol. The number of anilines is 1. The number of hydrogen-bond acceptors (Lipinski definition) is 5. The van der Waals surface area contributed by atoms with Gasteiger partial charge in [0.15, 0.2) is 5.13 Å². The Bertz CT molecular complexity index is 1070. The van der Waals surface area contributed by atoms with Crippen molar-refractivity contribution in [3.63, 3.8) is 0 Å². The van der Waals surface area contributed by atoms with Crippen molar-refractivity contribution in [2.75, 3.05) is 10.7 Å². The maximum atomic E-state index is 13.1. The third kappa shape index (κ3) is 4.71. The van der Waals surface area contributed by atoms with Crippen molar-refractivity contribution in [1.82, 2.24) is 4.98 Å². The van der Waals surface area contributed by atoms with Crippen LogP contribution in [0.4, 0.5) is 5.13 Å². The van der Waals surface area contributed by atoms with E-state index in [1.807, 2.05) is 30.3 Å². The summed E-state index contributed by atoms with van der Waals surface area (Å²) in [6.45, 7) is 2.51. The first-order chi connectivity index (χ1) is 14.2. The Morgan fingerprint density at radius 1 is 1.10 bits per heavy atom. The van der Waals surface area contributed by atoms with E-state index in [4.69, 9.17) is 9.40 Å². The minimum absolute atomic E-state index is 0.0411. The number of nitrogens with zero attached hydrogens (tertiary/aromatic N) is 2. The molecule has 1 amide bonds. The number of hydrogen-bond donors (Lipinski definition) is 0. The second-order valence-electron chi connectivity index (χ2n) is 6.65. The van der Waals surface area contributed by atoms with Crippen molar-refractivity contribution in [3.05, 3.63) is 83.8 Å². The molecule has 0 saturated carbocycles. The summed E-state index contributed by atoms with van der Waals surface area (Å²) < 4.78 is 6.61. The zero-order valence-corrected chi connectivity index (χ0v) is 17.8. The van der Waals surface area contributed by atoms with Crippen LogP contribution in [0.25, 0.3) is 10.2 Å². The van der Waals surface area contributed by atoms with Crippen molar-refractivity contribution in [2.45, 2.75) is 25.6 Å². The van der Waals surface area contributed by atoms with Gasteiger partial charge in [-0.05, 0) is 35.7 Å². The van der Waals surface area contributed by atoms with E-state index in [0.29, 0.717) is 12.3 Å². The van der Waals surface area contributed by atoms with Crippen LogP contribution in [0, 0.1) is 0 Å². The predicted molar refractivity (Wildman–Crippen MR) is 122 cm³/mol. The lowest BCUT2D eigenvalue weighted by atomic mass is 10.1. The summed E-state index contributed by atoms with van der Waals surface area (Å²) in [5.41, 5.74) is 3.41. The first-order valence-electron chi connectivity index (χ1n) is 9.57. The van der Waals surface area contributed by atoms with Crippen molar-refractivity contribution in [3.8, 4) is 0 Å². The standard InChI is InChI=1S/C23H22N2O2S2/c1-2-18-10-6-12-20-22(18)24-23(29-20)25(14-19-11-7-13-27-19)21(26)16-28-15-17-8-4-3-5-9-17/h3-13H,2,14-16H2,1H3. The van der Waals surface area contributed by atoms with Crippen LogP contribution in [0.1, 0.15) is 23.8 Å². The number of fused-ring (bicyclic) bond motifs is 1. The van der Waals surface area contributed by atoms with E-state index in [-0.39, 0.29) is 5.91 Å². The third-order valence-corrected chi connectivity index (χ3v) is 6.67. The number of carbonyl (C=O) groups excluding carboxylic acids is 1. The molecule has 148 valence electrons. The molecule has 0 unspecified atom stereocenters. The molecule has 0 aliphatic carbocycles. The number of aryl methyl sites for hydroxylation is 1. The first-order valence-corrected chi connectivity index (χ1v) is 11.5. The molecule has 2 heterocycles. The van der Waals surface area contributed by atoms with E-state index in [9.17, 15) is 4.79 Å². The van der Waals surface area contributed by atoms with E-state index in [1.165, 1.54) is 11.1 Å². The van der Waals surface area contributed by atoms with E-state index < -0.39 is 0 Å². The topological polar surface area (TPSA) is 46.3 Å². The number of benzene rings is 2. The normalized spacial score (nSPS) is 11.1. The number of amides is 1. The Labute approximate surface area is 178 Å². The number of carbonyl (C=O) groups is 1. The van der Waals surface area contributed by atoms with Gasteiger partial charge in [-0.3, -0.25) is 9.69 Å². The quantitative estimate of drug-likeness (QED) is 0.354. The summed E-state index contributed by atoms with van der Waals surface area (Å²) in [5.74, 6) is 1.99. The van der Waals surface area contributed by atoms with E-state index in [2.05, 4.69) is 37.3 Å². The highest BCUT2D eigenvalue weighted by Crippen LogP contribution is 2.32. The van der Waals surface area contributed by atoms with E-state index in [1.54, 1.807) is 34.3 Å². The largest absolute Gasteiger partial charge is 0.467 e. The molecule has 0 N–H and O–H groups in total. The van der Waals surface area contributed by atoms with Gasteiger partial charge in [-0.15, -0.1) is 11.8 Å². The molecule has 0 aliphatic heterocycles. The molecule has 29 heavy (non-hydrogen) atoms. The van der Waals surface area contributed by atoms with Crippen LogP contribution in [0.15, 0.2) is 71.3 Å². The van der Waals surface area contributed by atoms with Crippen molar-refractivity contribution >= 4 is 44.4 Å². The Morgan fingerprint density at radius 3 is 2.72 bits per heavy atom. The first kappa shape index (κ1) is 19.7. The molecule has 4 aromatic rings. The molecule has 0 fully saturated rings. The van der Waals surface area contributed by atoms with Crippen LogP contribution >= 0.6 is 23.1 Å². The van der Waals surface area contributed by atoms with Gasteiger partial charge >= 0.3 is 0 Å².